The molecule has 2 fully saturated rings. The number of methoxy groups -OCH3 is 2. The van der Waals surface area contributed by atoms with Gasteiger partial charge in [-0.3, -0.25) is 19.4 Å². The molecule has 1 aliphatic carbocycles. The number of aliphatic imine (C=N–C) groups is 1. The first-order chi connectivity index (χ1) is 26.3. The van der Waals surface area contributed by atoms with Crippen molar-refractivity contribution in [3.8, 4) is 11.1 Å². The molecule has 2 aromatic rings. The normalized spacial score (nSPS) is 20.6. The third kappa shape index (κ3) is 9.73. The Kier molecular flexibility index (Phi) is 13.7. The van der Waals surface area contributed by atoms with Crippen molar-refractivity contribution in [2.24, 2.45) is 22.7 Å². The number of carbonyl (C=O) groups is 5. The van der Waals surface area contributed by atoms with Crippen LogP contribution >= 0.6 is 0 Å². The van der Waals surface area contributed by atoms with Gasteiger partial charge in [-0.1, -0.05) is 75.2 Å². The second-order valence-electron chi connectivity index (χ2n) is 15.3. The number of ether oxygens (including phenoxy) is 2. The molecular formula is C42H56N6O7. The van der Waals surface area contributed by atoms with E-state index in [9.17, 15) is 24.0 Å². The summed E-state index contributed by atoms with van der Waals surface area (Å²) in [6.45, 7) is 9.99. The average Bonchev–Trinajstić information content (AvgIpc) is 3.89. The van der Waals surface area contributed by atoms with Gasteiger partial charge in [0.1, 0.15) is 6.04 Å². The molecule has 3 N–H and O–H groups in total. The van der Waals surface area contributed by atoms with E-state index in [-0.39, 0.29) is 41.8 Å². The van der Waals surface area contributed by atoms with Crippen molar-refractivity contribution in [2.75, 3.05) is 20.8 Å². The van der Waals surface area contributed by atoms with Gasteiger partial charge in [-0.2, -0.15) is 0 Å². The van der Waals surface area contributed by atoms with E-state index in [0.29, 0.717) is 25.8 Å². The van der Waals surface area contributed by atoms with Crippen molar-refractivity contribution >= 4 is 41.2 Å². The highest BCUT2D eigenvalue weighted by Crippen LogP contribution is 2.34. The molecule has 5 atom stereocenters. The first-order valence-electron chi connectivity index (χ1n) is 19.4. The summed E-state index contributed by atoms with van der Waals surface area (Å²) < 4.78 is 9.46. The van der Waals surface area contributed by atoms with Crippen LogP contribution in [-0.2, 0) is 23.9 Å². The van der Waals surface area contributed by atoms with Gasteiger partial charge in [0.15, 0.2) is 0 Å². The number of amides is 5. The Bertz CT molecular complexity index is 1770. The minimum atomic E-state index is -0.725. The highest BCUT2D eigenvalue weighted by molar-refractivity contribution is 6.04. The van der Waals surface area contributed by atoms with E-state index in [1.807, 2.05) is 56.1 Å². The van der Waals surface area contributed by atoms with Crippen LogP contribution in [0, 0.1) is 17.8 Å². The molecule has 0 spiro atoms. The van der Waals surface area contributed by atoms with Crippen molar-refractivity contribution in [1.82, 2.24) is 26.0 Å². The zero-order chi connectivity index (χ0) is 39.8. The fraction of sp³-hybridized carbons (Fsp3) is 0.524. The standard InChI is InChI=1S/C42H56N6O7/c1-25(2)37(45-41(52)54-6)40(51)47-22-10-13-36(47)35-23-32(24-43-35)31-20-18-30(19-21-31)29-16-14-28(15-17-29)27(5)44-38(49)33-11-8-9-12-34(33)39(50)48(26(3)4)46-42(53)55-7/h14-21,24-27,33-34,36-37H,8-13,22-23H2,1-7H3,(H,44,49)(H,45,52)(H,46,53)/t27-,33+,34-,36+,37+/m1/s1. The number of hydrogen-bond acceptors (Lipinski definition) is 8. The quantitative estimate of drug-likeness (QED) is 0.224. The number of nitrogens with one attached hydrogen (secondary N) is 3. The Hall–Kier alpha value is -5.20. The fourth-order valence-electron chi connectivity index (χ4n) is 7.83. The summed E-state index contributed by atoms with van der Waals surface area (Å²) >= 11 is 0. The van der Waals surface area contributed by atoms with Gasteiger partial charge in [-0.05, 0) is 80.2 Å². The van der Waals surface area contributed by atoms with Crippen LogP contribution in [0.2, 0.25) is 0 Å². The molecule has 296 valence electrons. The number of likely N-dealkylation sites (tertiary alicyclic amines) is 1. The molecule has 13 nitrogen and oxygen atoms in total. The van der Waals surface area contributed by atoms with Gasteiger partial charge in [-0.25, -0.2) is 20.0 Å². The largest absolute Gasteiger partial charge is 0.453 e. The van der Waals surface area contributed by atoms with E-state index >= 15 is 0 Å². The first-order valence-corrected chi connectivity index (χ1v) is 19.4. The van der Waals surface area contributed by atoms with E-state index in [0.717, 1.165) is 59.2 Å². The van der Waals surface area contributed by atoms with Crippen LogP contribution in [0.4, 0.5) is 9.59 Å². The van der Waals surface area contributed by atoms with Crippen molar-refractivity contribution < 1.29 is 33.4 Å². The lowest BCUT2D eigenvalue weighted by molar-refractivity contribution is -0.147. The predicted molar refractivity (Wildman–Crippen MR) is 210 cm³/mol. The highest BCUT2D eigenvalue weighted by Gasteiger charge is 2.40. The van der Waals surface area contributed by atoms with Gasteiger partial charge in [-0.15, -0.1) is 0 Å². The summed E-state index contributed by atoms with van der Waals surface area (Å²) in [5.41, 5.74) is 8.67. The minimum absolute atomic E-state index is 0.0922. The molecule has 13 heteroatoms. The molecule has 0 unspecified atom stereocenters. The van der Waals surface area contributed by atoms with E-state index in [1.54, 1.807) is 13.8 Å². The molecule has 5 amide bonds. The Balaban J connectivity index is 1.17. The summed E-state index contributed by atoms with van der Waals surface area (Å²) in [7, 11) is 2.54. The molecule has 5 rings (SSSR count). The summed E-state index contributed by atoms with van der Waals surface area (Å²) in [4.78, 5) is 71.2. The van der Waals surface area contributed by atoms with E-state index < -0.39 is 30.1 Å². The third-order valence-corrected chi connectivity index (χ3v) is 11.0. The van der Waals surface area contributed by atoms with Gasteiger partial charge >= 0.3 is 12.2 Å². The van der Waals surface area contributed by atoms with Gasteiger partial charge in [0.05, 0.1) is 32.2 Å². The monoisotopic (exact) mass is 756 g/mol. The molecule has 1 saturated carbocycles. The van der Waals surface area contributed by atoms with Crippen LogP contribution in [0.15, 0.2) is 59.7 Å². The van der Waals surface area contributed by atoms with E-state index in [2.05, 4.69) is 40.3 Å². The maximum Gasteiger partial charge on any atom is 0.425 e. The summed E-state index contributed by atoms with van der Waals surface area (Å²) in [6, 6.07) is 15.1. The summed E-state index contributed by atoms with van der Waals surface area (Å²) in [5, 5.41) is 7.12. The fourth-order valence-corrected chi connectivity index (χ4v) is 7.83. The number of rotatable bonds is 11. The number of nitrogens with zero attached hydrogens (tertiary/aromatic N) is 3. The van der Waals surface area contributed by atoms with Gasteiger partial charge in [0.2, 0.25) is 17.7 Å². The highest BCUT2D eigenvalue weighted by atomic mass is 16.5. The lowest BCUT2D eigenvalue weighted by Crippen LogP contribution is -2.54. The lowest BCUT2D eigenvalue weighted by atomic mass is 9.77. The molecule has 1 saturated heterocycles. The smallest absolute Gasteiger partial charge is 0.425 e. The Labute approximate surface area is 324 Å². The zero-order valence-electron chi connectivity index (χ0n) is 33.1. The molecule has 0 bridgehead atoms. The Morgan fingerprint density at radius 2 is 1.36 bits per heavy atom. The van der Waals surface area contributed by atoms with Crippen LogP contribution in [0.5, 0.6) is 0 Å². The second kappa shape index (κ2) is 18.4. The maximum atomic E-state index is 13.6. The third-order valence-electron chi connectivity index (χ3n) is 11.0. The lowest BCUT2D eigenvalue weighted by Gasteiger charge is -2.35. The Morgan fingerprint density at radius 1 is 0.764 bits per heavy atom. The number of alkyl carbamates (subject to hydrolysis) is 1. The number of hydrogen-bond donors (Lipinski definition) is 3. The van der Waals surface area contributed by atoms with E-state index in [4.69, 9.17) is 14.5 Å². The maximum absolute atomic E-state index is 13.6. The molecule has 2 aliphatic heterocycles. The zero-order valence-corrected chi connectivity index (χ0v) is 33.1. The van der Waals surface area contributed by atoms with Gasteiger partial charge in [0.25, 0.3) is 0 Å². The van der Waals surface area contributed by atoms with E-state index in [1.165, 1.54) is 19.2 Å². The molecular weight excluding hydrogens is 700 g/mol. The van der Waals surface area contributed by atoms with Crippen LogP contribution in [0.25, 0.3) is 16.7 Å². The van der Waals surface area contributed by atoms with Crippen molar-refractivity contribution in [3.05, 3.63) is 65.9 Å². The molecule has 55 heavy (non-hydrogen) atoms. The summed E-state index contributed by atoms with van der Waals surface area (Å²) in [6.07, 6.45) is 5.80. The molecule has 2 heterocycles. The predicted octanol–water partition coefficient (Wildman–Crippen LogP) is 6.40. The van der Waals surface area contributed by atoms with Crippen molar-refractivity contribution in [1.29, 1.82) is 0 Å². The number of benzene rings is 2. The van der Waals surface area contributed by atoms with Crippen LogP contribution in [-0.4, -0.2) is 84.4 Å². The number of hydrazine groups is 1. The average molecular weight is 757 g/mol. The SMILES string of the molecule is COC(=O)N[C@H](C(=O)N1CCC[C@H]1C1=NC=C(c2ccc(-c3ccc([C@@H](C)NC(=O)[C@H]4CCCC[C@H]4C(=O)N(NC(=O)OC)C(C)C)cc3)cc2)C1)C(C)C. The molecule has 2 aromatic carbocycles. The minimum Gasteiger partial charge on any atom is -0.453 e. The molecule has 0 radical (unpaired) electrons. The number of allylic oxidation sites excluding steroid dienone is 1. The first kappa shape index (κ1) is 41.0. The van der Waals surface area contributed by atoms with Crippen LogP contribution in [0.1, 0.15) is 96.7 Å². The van der Waals surface area contributed by atoms with Crippen molar-refractivity contribution in [2.45, 2.75) is 104 Å². The molecule has 3 aliphatic rings. The van der Waals surface area contributed by atoms with Crippen LogP contribution < -0.4 is 16.1 Å². The topological polar surface area (TPSA) is 159 Å². The van der Waals surface area contributed by atoms with Crippen molar-refractivity contribution in [3.63, 3.8) is 0 Å². The van der Waals surface area contributed by atoms with Gasteiger partial charge < -0.3 is 25.0 Å². The van der Waals surface area contributed by atoms with Crippen LogP contribution in [0.3, 0.4) is 0 Å². The van der Waals surface area contributed by atoms with Gasteiger partial charge in [0, 0.05) is 36.8 Å². The summed E-state index contributed by atoms with van der Waals surface area (Å²) in [5.74, 6) is -1.68. The molecule has 0 aromatic heterocycles. The number of carbonyl (C=O) groups excluding carboxylic acids is 5. The Morgan fingerprint density at radius 3 is 1.96 bits per heavy atom. The second-order valence-corrected chi connectivity index (χ2v) is 15.3.